The largest absolute Gasteiger partial charge is 0.484 e. The number of nitriles is 1. The maximum atomic E-state index is 8.45. The maximum absolute atomic E-state index is 8.45. The molecule has 0 bridgehead atoms. The first-order valence-electron chi connectivity index (χ1n) is 4.66. The Morgan fingerprint density at radius 1 is 1.57 bits per heavy atom. The van der Waals surface area contributed by atoms with E-state index in [0.717, 1.165) is 11.5 Å². The Labute approximate surface area is 82.7 Å². The van der Waals surface area contributed by atoms with Crippen molar-refractivity contribution in [2.24, 2.45) is 0 Å². The van der Waals surface area contributed by atoms with Gasteiger partial charge in [0, 0.05) is 6.54 Å². The summed E-state index contributed by atoms with van der Waals surface area (Å²) in [5.41, 5.74) is 0. The van der Waals surface area contributed by atoms with Gasteiger partial charge in [-0.25, -0.2) is 0 Å². The molecule has 1 aromatic rings. The minimum atomic E-state index is 0.106. The molecule has 0 saturated carbocycles. The highest BCUT2D eigenvalue weighted by atomic mass is 16.6. The van der Waals surface area contributed by atoms with Gasteiger partial charge >= 0.3 is 0 Å². The summed E-state index contributed by atoms with van der Waals surface area (Å²) in [7, 11) is 0. The second kappa shape index (κ2) is 3.62. The molecule has 1 aromatic heterocycles. The summed E-state index contributed by atoms with van der Waals surface area (Å²) in [5, 5.41) is 8.45. The summed E-state index contributed by atoms with van der Waals surface area (Å²) in [6.07, 6.45) is 4.36. The number of fused-ring (bicyclic) bond motifs is 1. The SMILES string of the molecule is CC1COc2cn(CCC#N)cc2O1. The molecule has 74 valence electrons. The van der Waals surface area contributed by atoms with E-state index in [0.29, 0.717) is 19.6 Å². The number of hydrogen-bond donors (Lipinski definition) is 0. The van der Waals surface area contributed by atoms with E-state index in [9.17, 15) is 0 Å². The van der Waals surface area contributed by atoms with Crippen LogP contribution in [0.15, 0.2) is 12.4 Å². The molecule has 0 N–H and O–H groups in total. The van der Waals surface area contributed by atoms with Crippen LogP contribution in [0.1, 0.15) is 13.3 Å². The standard InChI is InChI=1S/C10H12N2O2/c1-8-7-13-9-5-12(4-2-3-11)6-10(9)14-8/h5-6,8H,2,4,7H2,1H3. The lowest BCUT2D eigenvalue weighted by Crippen LogP contribution is -2.24. The quantitative estimate of drug-likeness (QED) is 0.714. The average Bonchev–Trinajstić information content (AvgIpc) is 2.56. The molecule has 0 spiro atoms. The average molecular weight is 192 g/mol. The summed E-state index contributed by atoms with van der Waals surface area (Å²) in [4.78, 5) is 0. The highest BCUT2D eigenvalue weighted by Gasteiger charge is 2.18. The van der Waals surface area contributed by atoms with E-state index in [-0.39, 0.29) is 6.10 Å². The third-order valence-corrected chi connectivity index (χ3v) is 2.09. The first kappa shape index (κ1) is 8.95. The molecule has 0 fully saturated rings. The predicted octanol–water partition coefficient (Wildman–Crippen LogP) is 1.56. The van der Waals surface area contributed by atoms with Crippen LogP contribution in [-0.2, 0) is 6.54 Å². The molecule has 1 atom stereocenters. The Morgan fingerprint density at radius 3 is 3.14 bits per heavy atom. The van der Waals surface area contributed by atoms with E-state index in [1.807, 2.05) is 23.9 Å². The molecule has 2 rings (SSSR count). The first-order chi connectivity index (χ1) is 6.79. The lowest BCUT2D eigenvalue weighted by molar-refractivity contribution is 0.106. The monoisotopic (exact) mass is 192 g/mol. The van der Waals surface area contributed by atoms with Gasteiger partial charge < -0.3 is 14.0 Å². The number of aryl methyl sites for hydroxylation is 1. The van der Waals surface area contributed by atoms with Crippen molar-refractivity contribution in [1.82, 2.24) is 4.57 Å². The topological polar surface area (TPSA) is 47.2 Å². The Morgan fingerprint density at radius 2 is 2.36 bits per heavy atom. The number of hydrogen-bond acceptors (Lipinski definition) is 3. The highest BCUT2D eigenvalue weighted by Crippen LogP contribution is 2.32. The second-order valence-electron chi connectivity index (χ2n) is 3.37. The van der Waals surface area contributed by atoms with Gasteiger partial charge in [-0.3, -0.25) is 0 Å². The van der Waals surface area contributed by atoms with Crippen molar-refractivity contribution in [1.29, 1.82) is 5.26 Å². The fourth-order valence-electron chi connectivity index (χ4n) is 1.43. The fraction of sp³-hybridized carbons (Fsp3) is 0.500. The van der Waals surface area contributed by atoms with Gasteiger partial charge in [-0.15, -0.1) is 0 Å². The first-order valence-corrected chi connectivity index (χ1v) is 4.66. The van der Waals surface area contributed by atoms with Crippen LogP contribution in [0, 0.1) is 11.3 Å². The molecule has 14 heavy (non-hydrogen) atoms. The van der Waals surface area contributed by atoms with Crippen LogP contribution in [0.3, 0.4) is 0 Å². The van der Waals surface area contributed by atoms with Crippen LogP contribution in [0.2, 0.25) is 0 Å². The van der Waals surface area contributed by atoms with E-state index >= 15 is 0 Å². The predicted molar refractivity (Wildman–Crippen MR) is 50.2 cm³/mol. The van der Waals surface area contributed by atoms with Crippen LogP contribution in [0.4, 0.5) is 0 Å². The van der Waals surface area contributed by atoms with Crippen molar-refractivity contribution in [2.75, 3.05) is 6.61 Å². The molecule has 0 radical (unpaired) electrons. The normalized spacial score (nSPS) is 19.0. The maximum Gasteiger partial charge on any atom is 0.179 e. The lowest BCUT2D eigenvalue weighted by Gasteiger charge is -2.20. The third-order valence-electron chi connectivity index (χ3n) is 2.09. The van der Waals surface area contributed by atoms with Crippen molar-refractivity contribution < 1.29 is 9.47 Å². The minimum absolute atomic E-state index is 0.106. The van der Waals surface area contributed by atoms with Gasteiger partial charge in [0.2, 0.25) is 0 Å². The molecule has 4 heteroatoms. The molecule has 0 amide bonds. The Bertz CT molecular complexity index is 365. The Balaban J connectivity index is 2.12. The van der Waals surface area contributed by atoms with Crippen molar-refractivity contribution in [2.45, 2.75) is 26.0 Å². The van der Waals surface area contributed by atoms with E-state index in [2.05, 4.69) is 6.07 Å². The zero-order valence-electron chi connectivity index (χ0n) is 8.06. The third kappa shape index (κ3) is 1.67. The summed E-state index contributed by atoms with van der Waals surface area (Å²) in [6, 6.07) is 2.10. The van der Waals surface area contributed by atoms with Crippen molar-refractivity contribution in [3.05, 3.63) is 12.4 Å². The molecule has 0 aliphatic carbocycles. The molecule has 4 nitrogen and oxygen atoms in total. The molecule has 0 saturated heterocycles. The van der Waals surface area contributed by atoms with Crippen LogP contribution in [0.5, 0.6) is 11.5 Å². The minimum Gasteiger partial charge on any atom is -0.484 e. The Hall–Kier alpha value is -1.63. The van der Waals surface area contributed by atoms with E-state index in [1.54, 1.807) is 0 Å². The van der Waals surface area contributed by atoms with Crippen LogP contribution < -0.4 is 9.47 Å². The number of aromatic nitrogens is 1. The van der Waals surface area contributed by atoms with Gasteiger partial charge in [0.25, 0.3) is 0 Å². The van der Waals surface area contributed by atoms with Crippen molar-refractivity contribution in [3.8, 4) is 17.6 Å². The molecular weight excluding hydrogens is 180 g/mol. The van der Waals surface area contributed by atoms with Crippen LogP contribution >= 0.6 is 0 Å². The molecule has 2 heterocycles. The summed E-state index contributed by atoms with van der Waals surface area (Å²) in [6.45, 7) is 3.25. The van der Waals surface area contributed by atoms with Gasteiger partial charge in [-0.05, 0) is 6.92 Å². The second-order valence-corrected chi connectivity index (χ2v) is 3.37. The molecule has 1 aliphatic rings. The smallest absolute Gasteiger partial charge is 0.179 e. The summed E-state index contributed by atoms with van der Waals surface area (Å²) in [5.74, 6) is 1.56. The van der Waals surface area contributed by atoms with Crippen LogP contribution in [0.25, 0.3) is 0 Å². The molecule has 1 aliphatic heterocycles. The highest BCUT2D eigenvalue weighted by molar-refractivity contribution is 5.39. The molecule has 1 unspecified atom stereocenters. The number of ether oxygens (including phenoxy) is 2. The van der Waals surface area contributed by atoms with Crippen LogP contribution in [-0.4, -0.2) is 17.3 Å². The van der Waals surface area contributed by atoms with E-state index in [1.165, 1.54) is 0 Å². The zero-order valence-corrected chi connectivity index (χ0v) is 8.06. The van der Waals surface area contributed by atoms with E-state index < -0.39 is 0 Å². The number of rotatable bonds is 2. The summed E-state index contributed by atoms with van der Waals surface area (Å²) >= 11 is 0. The van der Waals surface area contributed by atoms with Gasteiger partial charge in [-0.1, -0.05) is 0 Å². The zero-order chi connectivity index (χ0) is 9.97. The Kier molecular flexibility index (Phi) is 2.32. The van der Waals surface area contributed by atoms with E-state index in [4.69, 9.17) is 14.7 Å². The molecule has 0 aromatic carbocycles. The summed E-state index contributed by atoms with van der Waals surface area (Å²) < 4.78 is 13.0. The lowest BCUT2D eigenvalue weighted by atomic mass is 10.4. The van der Waals surface area contributed by atoms with Gasteiger partial charge in [-0.2, -0.15) is 5.26 Å². The fourth-order valence-corrected chi connectivity index (χ4v) is 1.43. The van der Waals surface area contributed by atoms with Crippen molar-refractivity contribution >= 4 is 0 Å². The van der Waals surface area contributed by atoms with Gasteiger partial charge in [0.05, 0.1) is 24.9 Å². The van der Waals surface area contributed by atoms with Gasteiger partial charge in [0.15, 0.2) is 11.5 Å². The van der Waals surface area contributed by atoms with Gasteiger partial charge in [0.1, 0.15) is 12.7 Å². The number of nitrogens with zero attached hydrogens (tertiary/aromatic N) is 2. The molecular formula is C10H12N2O2. The van der Waals surface area contributed by atoms with Crippen molar-refractivity contribution in [3.63, 3.8) is 0 Å².